The van der Waals surface area contributed by atoms with Gasteiger partial charge in [0, 0.05) is 5.39 Å². The summed E-state index contributed by atoms with van der Waals surface area (Å²) >= 11 is 6.85. The molecule has 0 atom stereocenters. The van der Waals surface area contributed by atoms with Crippen LogP contribution in [0.15, 0.2) is 27.3 Å². The van der Waals surface area contributed by atoms with E-state index in [1.165, 1.54) is 0 Å². The zero-order valence-electron chi connectivity index (χ0n) is 8.75. The number of fused-ring (bicyclic) bond motifs is 1. The smallest absolute Gasteiger partial charge is 0.152 e. The van der Waals surface area contributed by atoms with Crippen LogP contribution in [0.4, 0.5) is 0 Å². The lowest BCUT2D eigenvalue weighted by molar-refractivity contribution is 0.409. The second-order valence-corrected chi connectivity index (χ2v) is 4.67. The Labute approximate surface area is 110 Å². The Bertz CT molecular complexity index is 543. The molecule has 1 heterocycles. The summed E-state index contributed by atoms with van der Waals surface area (Å²) < 4.78 is 12.0. The highest BCUT2D eigenvalue weighted by molar-refractivity contribution is 9.11. The van der Waals surface area contributed by atoms with E-state index in [1.807, 2.05) is 18.2 Å². The zero-order chi connectivity index (χ0) is 11.7. The minimum Gasteiger partial charge on any atom is -0.496 e. The third kappa shape index (κ3) is 1.89. The van der Waals surface area contributed by atoms with E-state index in [1.54, 1.807) is 14.2 Å². The average molecular weight is 347 g/mol. The van der Waals surface area contributed by atoms with Crippen molar-refractivity contribution in [2.45, 2.75) is 0 Å². The highest BCUT2D eigenvalue weighted by Crippen LogP contribution is 2.36. The molecule has 0 aliphatic carbocycles. The predicted octanol–water partition coefficient (Wildman–Crippen LogP) is 3.78. The summed E-state index contributed by atoms with van der Waals surface area (Å²) in [5, 5.41) is 0.958. The summed E-state index contributed by atoms with van der Waals surface area (Å²) in [5.41, 5.74) is 0.875. The van der Waals surface area contributed by atoms with Crippen LogP contribution in [0.1, 0.15) is 0 Å². The van der Waals surface area contributed by atoms with Gasteiger partial charge in [-0.25, -0.2) is 4.98 Å². The van der Waals surface area contributed by atoms with Crippen molar-refractivity contribution in [2.75, 3.05) is 14.2 Å². The Morgan fingerprint density at radius 2 is 1.75 bits per heavy atom. The number of aromatic nitrogens is 1. The molecular weight excluding hydrogens is 338 g/mol. The van der Waals surface area contributed by atoms with Gasteiger partial charge in [0.05, 0.1) is 24.2 Å². The van der Waals surface area contributed by atoms with E-state index in [0.717, 1.165) is 21.1 Å². The summed E-state index contributed by atoms with van der Waals surface area (Å²) in [6.07, 6.45) is 0. The normalized spacial score (nSPS) is 10.5. The number of methoxy groups -OCH3 is 2. The van der Waals surface area contributed by atoms with E-state index >= 15 is 0 Å². The Kier molecular flexibility index (Phi) is 3.35. The Morgan fingerprint density at radius 3 is 2.38 bits per heavy atom. The summed E-state index contributed by atoms with van der Waals surface area (Å²) in [7, 11) is 3.25. The van der Waals surface area contributed by atoms with Crippen molar-refractivity contribution in [3.8, 4) is 11.5 Å². The Morgan fingerprint density at radius 1 is 1.06 bits per heavy atom. The van der Waals surface area contributed by atoms with Gasteiger partial charge in [0.25, 0.3) is 0 Å². The van der Waals surface area contributed by atoms with Crippen LogP contribution in [0.5, 0.6) is 11.5 Å². The van der Waals surface area contributed by atoms with E-state index in [2.05, 4.69) is 36.8 Å². The lowest BCUT2D eigenvalue weighted by atomic mass is 10.2. The van der Waals surface area contributed by atoms with Crippen LogP contribution >= 0.6 is 31.9 Å². The maximum Gasteiger partial charge on any atom is 0.152 e. The van der Waals surface area contributed by atoms with Crippen LogP contribution in [-0.2, 0) is 0 Å². The second-order valence-electron chi connectivity index (χ2n) is 3.13. The van der Waals surface area contributed by atoms with E-state index in [4.69, 9.17) is 9.47 Å². The first kappa shape index (κ1) is 11.7. The number of hydrogen-bond acceptors (Lipinski definition) is 3. The van der Waals surface area contributed by atoms with Crippen molar-refractivity contribution in [1.29, 1.82) is 0 Å². The fourth-order valence-corrected chi connectivity index (χ4v) is 2.53. The minimum atomic E-state index is 0.694. The monoisotopic (exact) mass is 345 g/mol. The molecule has 0 saturated carbocycles. The summed E-state index contributed by atoms with van der Waals surface area (Å²) in [4.78, 5) is 4.39. The van der Waals surface area contributed by atoms with Gasteiger partial charge in [0.1, 0.15) is 10.4 Å². The van der Waals surface area contributed by atoms with Gasteiger partial charge in [-0.15, -0.1) is 0 Å². The quantitative estimate of drug-likeness (QED) is 0.775. The molecule has 0 N–H and O–H groups in total. The van der Waals surface area contributed by atoms with Crippen molar-refractivity contribution in [3.63, 3.8) is 0 Å². The van der Waals surface area contributed by atoms with Gasteiger partial charge < -0.3 is 9.47 Å². The summed E-state index contributed by atoms with van der Waals surface area (Å²) in [6, 6.07) is 5.69. The van der Waals surface area contributed by atoms with Crippen molar-refractivity contribution in [3.05, 3.63) is 27.3 Å². The maximum atomic E-state index is 5.23. The fourth-order valence-electron chi connectivity index (χ4n) is 1.45. The molecule has 84 valence electrons. The molecule has 0 fully saturated rings. The largest absolute Gasteiger partial charge is 0.496 e. The predicted molar refractivity (Wildman–Crippen MR) is 70.2 cm³/mol. The van der Waals surface area contributed by atoms with Crippen LogP contribution in [-0.4, -0.2) is 19.2 Å². The summed E-state index contributed by atoms with van der Waals surface area (Å²) in [6.45, 7) is 0. The standard InChI is InChI=1S/C11H9Br2NO2/c1-15-8-4-3-7-6(10(8)12)5-9(16-2)11(13)14-7/h3-5H,1-2H3. The number of benzene rings is 1. The number of hydrogen-bond donors (Lipinski definition) is 0. The third-order valence-electron chi connectivity index (χ3n) is 2.26. The van der Waals surface area contributed by atoms with Gasteiger partial charge in [-0.2, -0.15) is 0 Å². The average Bonchev–Trinajstić information content (AvgIpc) is 2.29. The first-order valence-corrected chi connectivity index (χ1v) is 6.12. The van der Waals surface area contributed by atoms with E-state index < -0.39 is 0 Å². The fraction of sp³-hybridized carbons (Fsp3) is 0.182. The van der Waals surface area contributed by atoms with Crippen molar-refractivity contribution >= 4 is 42.8 Å². The molecule has 0 unspecified atom stereocenters. The SMILES string of the molecule is COc1cc2c(Br)c(OC)ccc2nc1Br. The van der Waals surface area contributed by atoms with Gasteiger partial charge in [0.2, 0.25) is 0 Å². The van der Waals surface area contributed by atoms with Gasteiger partial charge in [-0.05, 0) is 50.1 Å². The highest BCUT2D eigenvalue weighted by Gasteiger charge is 2.10. The van der Waals surface area contributed by atoms with Gasteiger partial charge in [-0.1, -0.05) is 0 Å². The maximum absolute atomic E-state index is 5.23. The van der Waals surface area contributed by atoms with Gasteiger partial charge >= 0.3 is 0 Å². The van der Waals surface area contributed by atoms with Crippen molar-refractivity contribution in [2.24, 2.45) is 0 Å². The van der Waals surface area contributed by atoms with Crippen LogP contribution in [0.25, 0.3) is 10.9 Å². The molecule has 2 rings (SSSR count). The molecular formula is C11H9Br2NO2. The van der Waals surface area contributed by atoms with Crippen LogP contribution in [0.3, 0.4) is 0 Å². The van der Waals surface area contributed by atoms with E-state index in [9.17, 15) is 0 Å². The number of rotatable bonds is 2. The van der Waals surface area contributed by atoms with Crippen LogP contribution in [0, 0.1) is 0 Å². The molecule has 1 aromatic heterocycles. The van der Waals surface area contributed by atoms with Gasteiger partial charge in [0.15, 0.2) is 5.75 Å². The highest BCUT2D eigenvalue weighted by atomic mass is 79.9. The Balaban J connectivity index is 2.77. The third-order valence-corrected chi connectivity index (χ3v) is 3.64. The molecule has 2 aromatic rings. The van der Waals surface area contributed by atoms with Crippen molar-refractivity contribution in [1.82, 2.24) is 4.98 Å². The molecule has 0 aliphatic heterocycles. The number of nitrogens with zero attached hydrogens (tertiary/aromatic N) is 1. The van der Waals surface area contributed by atoms with Crippen LogP contribution in [0.2, 0.25) is 0 Å². The first-order valence-electron chi connectivity index (χ1n) is 4.54. The Hall–Kier alpha value is -0.810. The topological polar surface area (TPSA) is 31.4 Å². The van der Waals surface area contributed by atoms with Crippen molar-refractivity contribution < 1.29 is 9.47 Å². The van der Waals surface area contributed by atoms with E-state index in [-0.39, 0.29) is 0 Å². The minimum absolute atomic E-state index is 0.694. The van der Waals surface area contributed by atoms with E-state index in [0.29, 0.717) is 10.4 Å². The molecule has 1 aromatic carbocycles. The molecule has 3 nitrogen and oxygen atoms in total. The van der Waals surface area contributed by atoms with Gasteiger partial charge in [-0.3, -0.25) is 0 Å². The molecule has 16 heavy (non-hydrogen) atoms. The second kappa shape index (κ2) is 4.59. The molecule has 0 spiro atoms. The molecule has 0 bridgehead atoms. The summed E-state index contributed by atoms with van der Waals surface area (Å²) in [5.74, 6) is 1.47. The zero-order valence-corrected chi connectivity index (χ0v) is 11.9. The molecule has 5 heteroatoms. The molecule has 0 radical (unpaired) electrons. The molecule has 0 amide bonds. The molecule has 0 aliphatic rings. The number of pyridine rings is 1. The number of ether oxygens (including phenoxy) is 2. The molecule has 0 saturated heterocycles. The lowest BCUT2D eigenvalue weighted by Gasteiger charge is -2.09. The lowest BCUT2D eigenvalue weighted by Crippen LogP contribution is -1.91. The number of halogens is 2. The van der Waals surface area contributed by atoms with Crippen LogP contribution < -0.4 is 9.47 Å². The first-order chi connectivity index (χ1) is 7.67.